The van der Waals surface area contributed by atoms with E-state index >= 15 is 0 Å². The van der Waals surface area contributed by atoms with Gasteiger partial charge >= 0.3 is 7.82 Å². The van der Waals surface area contributed by atoms with Gasteiger partial charge in [0.25, 0.3) is 0 Å². The average Bonchev–Trinajstić information content (AvgIpc) is 3.20. The molecular weight excluding hydrogens is 337 g/mol. The van der Waals surface area contributed by atoms with Crippen LogP contribution in [0.5, 0.6) is 0 Å². The molecule has 2 aromatic rings. The Balaban J connectivity index is 1.43. The van der Waals surface area contributed by atoms with E-state index in [0.29, 0.717) is 5.92 Å². The summed E-state index contributed by atoms with van der Waals surface area (Å²) in [4.78, 5) is 11.6. The van der Waals surface area contributed by atoms with Crippen molar-refractivity contribution < 1.29 is 18.5 Å². The largest absolute Gasteiger partial charge is 0.474 e. The first-order chi connectivity index (χ1) is 12.0. The maximum absolute atomic E-state index is 11.7. The lowest BCUT2D eigenvalue weighted by Crippen LogP contribution is -2.28. The molecule has 1 aliphatic carbocycles. The summed E-state index contributed by atoms with van der Waals surface area (Å²) >= 11 is 0. The zero-order chi connectivity index (χ0) is 17.5. The molecule has 1 heterocycles. The number of phosphoric ester groups is 1. The minimum Gasteiger partial charge on any atom is -0.302 e. The minimum atomic E-state index is -4.08. The molecule has 0 bridgehead atoms. The highest BCUT2D eigenvalue weighted by molar-refractivity contribution is 7.47. The van der Waals surface area contributed by atoms with Crippen molar-refractivity contribution in [3.05, 3.63) is 48.0 Å². The molecule has 1 saturated carbocycles. The van der Waals surface area contributed by atoms with Gasteiger partial charge in [-0.15, -0.1) is 6.42 Å². The fraction of sp³-hybridized carbons (Fsp3) is 0.368. The summed E-state index contributed by atoms with van der Waals surface area (Å²) < 4.78 is 21.4. The number of piperidine rings is 1. The number of fused-ring (bicyclic) bond motifs is 2. The van der Waals surface area contributed by atoms with Crippen molar-refractivity contribution in [2.45, 2.75) is 11.8 Å². The molecule has 1 N–H and O–H groups in total. The van der Waals surface area contributed by atoms with Gasteiger partial charge in [-0.3, -0.25) is 13.9 Å². The Hall–Kier alpha value is -1.67. The third-order valence-corrected chi connectivity index (χ3v) is 6.15. The molecular formula is C19H20NO4P. The molecule has 2 aliphatic rings. The van der Waals surface area contributed by atoms with Gasteiger partial charge in [-0.1, -0.05) is 48.4 Å². The van der Waals surface area contributed by atoms with Crippen LogP contribution >= 0.6 is 7.82 Å². The first-order valence-electron chi connectivity index (χ1n) is 8.29. The number of hydrogen-bond acceptors (Lipinski definition) is 4. The molecule has 0 spiro atoms. The molecule has 25 heavy (non-hydrogen) atoms. The number of hydrogen-bond donors (Lipinski definition) is 1. The van der Waals surface area contributed by atoms with Crippen LogP contribution in [0.2, 0.25) is 0 Å². The molecule has 2 fully saturated rings. The molecule has 6 heteroatoms. The van der Waals surface area contributed by atoms with Crippen molar-refractivity contribution in [3.8, 4) is 12.3 Å². The molecule has 2 aromatic carbocycles. The van der Waals surface area contributed by atoms with Crippen molar-refractivity contribution in [2.24, 2.45) is 5.92 Å². The molecule has 4 rings (SSSR count). The van der Waals surface area contributed by atoms with Gasteiger partial charge in [-0.25, -0.2) is 4.57 Å². The van der Waals surface area contributed by atoms with E-state index in [1.807, 2.05) is 6.07 Å². The third-order valence-electron chi connectivity index (χ3n) is 5.26. The maximum atomic E-state index is 11.7. The van der Waals surface area contributed by atoms with Crippen molar-refractivity contribution >= 4 is 18.6 Å². The second-order valence-electron chi connectivity index (χ2n) is 6.83. The highest BCUT2D eigenvalue weighted by Gasteiger charge is 2.60. The predicted molar refractivity (Wildman–Crippen MR) is 95.9 cm³/mol. The van der Waals surface area contributed by atoms with Crippen LogP contribution in [0, 0.1) is 18.3 Å². The first kappa shape index (κ1) is 16.8. The Kier molecular flexibility index (Phi) is 4.19. The summed E-state index contributed by atoms with van der Waals surface area (Å²) in [6.45, 7) is 1.52. The van der Waals surface area contributed by atoms with Gasteiger partial charge in [0.05, 0.1) is 0 Å². The van der Waals surface area contributed by atoms with Crippen LogP contribution in [0.25, 0.3) is 10.8 Å². The monoisotopic (exact) mass is 357 g/mol. The molecule has 0 radical (unpaired) electrons. The van der Waals surface area contributed by atoms with Crippen LogP contribution in [0.3, 0.4) is 0 Å². The first-order valence-corrected chi connectivity index (χ1v) is 9.79. The van der Waals surface area contributed by atoms with Gasteiger partial charge < -0.3 is 4.89 Å². The van der Waals surface area contributed by atoms with Crippen molar-refractivity contribution in [1.82, 2.24) is 4.90 Å². The summed E-state index contributed by atoms with van der Waals surface area (Å²) in [5.74, 6) is 2.73. The zero-order valence-corrected chi connectivity index (χ0v) is 14.7. The molecule has 0 aromatic heterocycles. The van der Waals surface area contributed by atoms with E-state index in [2.05, 4.69) is 51.7 Å². The lowest BCUT2D eigenvalue weighted by Gasteiger charge is -2.22. The SMILES string of the molecule is C#CCOP(=O)(O)OCN1C[C@H]2C[C@@]2(c2ccc3ccccc3c2)C1. The average molecular weight is 357 g/mol. The quantitative estimate of drug-likeness (QED) is 0.636. The highest BCUT2D eigenvalue weighted by Crippen LogP contribution is 2.59. The Morgan fingerprint density at radius 3 is 2.88 bits per heavy atom. The van der Waals surface area contributed by atoms with Crippen LogP contribution in [-0.2, 0) is 19.0 Å². The molecule has 1 saturated heterocycles. The van der Waals surface area contributed by atoms with E-state index in [9.17, 15) is 9.46 Å². The number of nitrogens with zero attached hydrogens (tertiary/aromatic N) is 1. The number of rotatable bonds is 6. The van der Waals surface area contributed by atoms with E-state index < -0.39 is 7.82 Å². The number of phosphoric acid groups is 1. The summed E-state index contributed by atoms with van der Waals surface area (Å²) in [6.07, 6.45) is 6.18. The van der Waals surface area contributed by atoms with Crippen molar-refractivity contribution in [2.75, 3.05) is 26.4 Å². The fourth-order valence-electron chi connectivity index (χ4n) is 3.94. The van der Waals surface area contributed by atoms with Gasteiger partial charge in [0.15, 0.2) is 0 Å². The van der Waals surface area contributed by atoms with Gasteiger partial charge in [0, 0.05) is 18.5 Å². The van der Waals surface area contributed by atoms with Gasteiger partial charge in [-0.2, -0.15) is 0 Å². The zero-order valence-electron chi connectivity index (χ0n) is 13.8. The molecule has 1 aliphatic heterocycles. The van der Waals surface area contributed by atoms with E-state index in [4.69, 9.17) is 10.9 Å². The van der Waals surface area contributed by atoms with E-state index in [-0.39, 0.29) is 18.8 Å². The van der Waals surface area contributed by atoms with Crippen LogP contribution < -0.4 is 0 Å². The second-order valence-corrected chi connectivity index (χ2v) is 8.29. The van der Waals surface area contributed by atoms with Crippen LogP contribution in [-0.4, -0.2) is 36.2 Å². The number of likely N-dealkylation sites (tertiary alicyclic amines) is 1. The normalized spacial score (nSPS) is 27.6. The number of terminal acetylenes is 1. The van der Waals surface area contributed by atoms with Crippen molar-refractivity contribution in [3.63, 3.8) is 0 Å². The lowest BCUT2D eigenvalue weighted by atomic mass is 9.93. The predicted octanol–water partition coefficient (Wildman–Crippen LogP) is 3.14. The Bertz CT molecular complexity index is 892. The van der Waals surface area contributed by atoms with Gasteiger partial charge in [0.2, 0.25) is 0 Å². The Morgan fingerprint density at radius 2 is 2.08 bits per heavy atom. The summed E-state index contributed by atoms with van der Waals surface area (Å²) in [5.41, 5.74) is 1.49. The van der Waals surface area contributed by atoms with E-state index in [1.54, 1.807) is 0 Å². The molecule has 130 valence electrons. The number of benzene rings is 2. The smallest absolute Gasteiger partial charge is 0.302 e. The Labute approximate surface area is 147 Å². The summed E-state index contributed by atoms with van der Waals surface area (Å²) in [6, 6.07) is 15.0. The second kappa shape index (κ2) is 6.25. The third kappa shape index (κ3) is 3.25. The molecule has 0 amide bonds. The van der Waals surface area contributed by atoms with Crippen molar-refractivity contribution in [1.29, 1.82) is 0 Å². The standard InChI is InChI=1S/C19H20NO4P/c1-2-9-23-25(21,22)24-14-20-12-18-11-19(18,13-20)17-8-7-15-5-3-4-6-16(15)10-17/h1,3-8,10,18H,9,11-14H2,(H,21,22)/t18-,19+/m1/s1. The Morgan fingerprint density at radius 1 is 1.28 bits per heavy atom. The molecule has 3 atom stereocenters. The summed E-state index contributed by atoms with van der Waals surface area (Å²) in [7, 11) is -4.08. The minimum absolute atomic E-state index is 0.0736. The van der Waals surface area contributed by atoms with Crippen LogP contribution in [0.4, 0.5) is 0 Å². The lowest BCUT2D eigenvalue weighted by molar-refractivity contribution is 0.0861. The van der Waals surface area contributed by atoms with Crippen LogP contribution in [0.1, 0.15) is 12.0 Å². The molecule has 5 nitrogen and oxygen atoms in total. The van der Waals surface area contributed by atoms with Crippen LogP contribution in [0.15, 0.2) is 42.5 Å². The topological polar surface area (TPSA) is 59.0 Å². The van der Waals surface area contributed by atoms with Gasteiger partial charge in [0.1, 0.15) is 13.3 Å². The highest BCUT2D eigenvalue weighted by atomic mass is 31.2. The van der Waals surface area contributed by atoms with Gasteiger partial charge in [-0.05, 0) is 28.7 Å². The maximum Gasteiger partial charge on any atom is 0.474 e. The van der Waals surface area contributed by atoms with E-state index in [1.165, 1.54) is 16.3 Å². The van der Waals surface area contributed by atoms with E-state index in [0.717, 1.165) is 19.5 Å². The summed E-state index contributed by atoms with van der Waals surface area (Å²) in [5, 5.41) is 2.49. The molecule has 1 unspecified atom stereocenters. The fourth-order valence-corrected chi connectivity index (χ4v) is 4.56.